The highest BCUT2D eigenvalue weighted by Crippen LogP contribution is 2.45. The fourth-order valence-corrected chi connectivity index (χ4v) is 5.86. The minimum Gasteiger partial charge on any atom is -0.480 e. The van der Waals surface area contributed by atoms with E-state index in [1.807, 2.05) is 47.8 Å². The second-order valence-electron chi connectivity index (χ2n) is 5.83. The van der Waals surface area contributed by atoms with Crippen LogP contribution in [0, 0.1) is 0 Å². The van der Waals surface area contributed by atoms with Gasteiger partial charge in [-0.3, -0.25) is 4.79 Å². The van der Waals surface area contributed by atoms with Gasteiger partial charge >= 0.3 is 5.97 Å². The molecule has 0 bridgehead atoms. The fourth-order valence-electron chi connectivity index (χ4n) is 3.00. The van der Waals surface area contributed by atoms with Gasteiger partial charge in [0.15, 0.2) is 0 Å². The monoisotopic (exact) mass is 337 g/mol. The summed E-state index contributed by atoms with van der Waals surface area (Å²) in [5.41, 5.74) is 0.727. The van der Waals surface area contributed by atoms with Crippen LogP contribution in [-0.4, -0.2) is 45.5 Å². The summed E-state index contributed by atoms with van der Waals surface area (Å²) in [6.45, 7) is 2.15. The Bertz CT molecular complexity index is 584. The number of benzene rings is 1. The number of thioether (sulfide) groups is 2. The van der Waals surface area contributed by atoms with E-state index in [0.717, 1.165) is 6.42 Å². The SMILES string of the molecule is CC1(C(=O)O)CCCN1C(=O)c1ccc(C2SCCS2)cc1. The van der Waals surface area contributed by atoms with Crippen LogP contribution in [0.4, 0.5) is 0 Å². The molecule has 2 aliphatic heterocycles. The first-order valence-electron chi connectivity index (χ1n) is 7.41. The van der Waals surface area contributed by atoms with E-state index >= 15 is 0 Å². The van der Waals surface area contributed by atoms with E-state index in [4.69, 9.17) is 0 Å². The largest absolute Gasteiger partial charge is 0.480 e. The van der Waals surface area contributed by atoms with Crippen molar-refractivity contribution in [3.8, 4) is 0 Å². The highest BCUT2D eigenvalue weighted by atomic mass is 32.2. The van der Waals surface area contributed by atoms with E-state index in [0.29, 0.717) is 23.1 Å². The average molecular weight is 337 g/mol. The predicted molar refractivity (Wildman–Crippen MR) is 90.4 cm³/mol. The minimum absolute atomic E-state index is 0.180. The van der Waals surface area contributed by atoms with E-state index in [9.17, 15) is 14.7 Å². The molecule has 1 aromatic carbocycles. The van der Waals surface area contributed by atoms with Crippen molar-refractivity contribution >= 4 is 35.4 Å². The molecule has 4 nitrogen and oxygen atoms in total. The van der Waals surface area contributed by atoms with Gasteiger partial charge in [0.2, 0.25) is 0 Å². The van der Waals surface area contributed by atoms with Crippen LogP contribution in [0.3, 0.4) is 0 Å². The number of carboxylic acids is 1. The van der Waals surface area contributed by atoms with Gasteiger partial charge in [0.1, 0.15) is 5.54 Å². The Labute approximate surface area is 138 Å². The zero-order chi connectivity index (χ0) is 15.7. The van der Waals surface area contributed by atoms with Gasteiger partial charge in [0.05, 0.1) is 4.58 Å². The molecule has 3 rings (SSSR count). The van der Waals surface area contributed by atoms with Crippen molar-refractivity contribution in [3.63, 3.8) is 0 Å². The minimum atomic E-state index is -1.08. The Balaban J connectivity index is 1.78. The number of hydrogen-bond acceptors (Lipinski definition) is 4. The van der Waals surface area contributed by atoms with Crippen LogP contribution in [-0.2, 0) is 4.79 Å². The molecule has 1 aromatic rings. The van der Waals surface area contributed by atoms with Crippen LogP contribution < -0.4 is 0 Å². The molecule has 0 spiro atoms. The lowest BCUT2D eigenvalue weighted by Gasteiger charge is -2.31. The van der Waals surface area contributed by atoms with Crippen LogP contribution in [0.2, 0.25) is 0 Å². The molecule has 1 atom stereocenters. The van der Waals surface area contributed by atoms with Gasteiger partial charge in [-0.1, -0.05) is 12.1 Å². The van der Waals surface area contributed by atoms with Gasteiger partial charge in [-0.2, -0.15) is 0 Å². The number of hydrogen-bond donors (Lipinski definition) is 1. The predicted octanol–water partition coefficient (Wildman–Crippen LogP) is 3.24. The standard InChI is InChI=1S/C16H19NO3S2/c1-16(15(19)20)7-2-8-17(16)13(18)11-3-5-12(6-4-11)14-21-9-10-22-14/h3-6,14H,2,7-10H2,1H3,(H,19,20). The number of nitrogens with zero attached hydrogens (tertiary/aromatic N) is 1. The van der Waals surface area contributed by atoms with Crippen molar-refractivity contribution in [2.45, 2.75) is 29.9 Å². The summed E-state index contributed by atoms with van der Waals surface area (Å²) in [5.74, 6) is 1.23. The van der Waals surface area contributed by atoms with Gasteiger partial charge in [-0.25, -0.2) is 4.79 Å². The summed E-state index contributed by atoms with van der Waals surface area (Å²) in [4.78, 5) is 25.7. The van der Waals surface area contributed by atoms with Crippen LogP contribution in [0.15, 0.2) is 24.3 Å². The Morgan fingerprint density at radius 1 is 1.23 bits per heavy atom. The number of amides is 1. The van der Waals surface area contributed by atoms with Crippen molar-refractivity contribution in [3.05, 3.63) is 35.4 Å². The molecular weight excluding hydrogens is 318 g/mol. The molecule has 0 radical (unpaired) electrons. The Morgan fingerprint density at radius 3 is 2.45 bits per heavy atom. The third-order valence-corrected chi connectivity index (χ3v) is 7.50. The topological polar surface area (TPSA) is 57.6 Å². The van der Waals surface area contributed by atoms with E-state index < -0.39 is 11.5 Å². The molecule has 2 fully saturated rings. The van der Waals surface area contributed by atoms with Gasteiger partial charge in [0, 0.05) is 23.6 Å². The number of carbonyl (C=O) groups is 2. The van der Waals surface area contributed by atoms with Crippen molar-refractivity contribution in [1.29, 1.82) is 0 Å². The molecule has 0 saturated carbocycles. The fraction of sp³-hybridized carbons (Fsp3) is 0.500. The van der Waals surface area contributed by atoms with Crippen molar-refractivity contribution in [2.75, 3.05) is 18.1 Å². The van der Waals surface area contributed by atoms with Crippen LogP contribution in [0.1, 0.15) is 40.3 Å². The smallest absolute Gasteiger partial charge is 0.329 e. The molecule has 1 N–H and O–H groups in total. The summed E-state index contributed by atoms with van der Waals surface area (Å²) in [6, 6.07) is 7.66. The highest BCUT2D eigenvalue weighted by molar-refractivity contribution is 8.19. The Kier molecular flexibility index (Phi) is 4.41. The number of aliphatic carboxylic acids is 1. The number of rotatable bonds is 3. The average Bonchev–Trinajstić information content (AvgIpc) is 3.17. The molecule has 1 unspecified atom stereocenters. The van der Waals surface area contributed by atoms with Gasteiger partial charge < -0.3 is 10.0 Å². The van der Waals surface area contributed by atoms with Gasteiger partial charge in [0.25, 0.3) is 5.91 Å². The normalized spacial score (nSPS) is 25.6. The summed E-state index contributed by atoms with van der Waals surface area (Å²) in [5, 5.41) is 9.43. The van der Waals surface area contributed by atoms with E-state index in [-0.39, 0.29) is 5.91 Å². The molecule has 0 aliphatic carbocycles. The molecule has 0 aromatic heterocycles. The lowest BCUT2D eigenvalue weighted by molar-refractivity contribution is -0.147. The molecule has 6 heteroatoms. The summed E-state index contributed by atoms with van der Waals surface area (Å²) in [7, 11) is 0. The zero-order valence-corrected chi connectivity index (χ0v) is 14.1. The molecule has 1 amide bonds. The first-order chi connectivity index (χ1) is 10.5. The maximum absolute atomic E-state index is 12.7. The second kappa shape index (κ2) is 6.16. The second-order valence-corrected chi connectivity index (χ2v) is 8.56. The third-order valence-electron chi connectivity index (χ3n) is 4.40. The maximum Gasteiger partial charge on any atom is 0.329 e. The van der Waals surface area contributed by atoms with Crippen molar-refractivity contribution in [2.24, 2.45) is 0 Å². The number of likely N-dealkylation sites (tertiary alicyclic amines) is 1. The number of carbonyl (C=O) groups excluding carboxylic acids is 1. The van der Waals surface area contributed by atoms with Gasteiger partial charge in [-0.05, 0) is 37.5 Å². The molecule has 22 heavy (non-hydrogen) atoms. The molecular formula is C16H19NO3S2. The molecule has 118 valence electrons. The van der Waals surface area contributed by atoms with Crippen molar-refractivity contribution < 1.29 is 14.7 Å². The highest BCUT2D eigenvalue weighted by Gasteiger charge is 2.46. The van der Waals surface area contributed by atoms with Gasteiger partial charge in [-0.15, -0.1) is 23.5 Å². The van der Waals surface area contributed by atoms with E-state index in [1.54, 1.807) is 6.92 Å². The molecule has 2 heterocycles. The first kappa shape index (κ1) is 15.7. The lowest BCUT2D eigenvalue weighted by atomic mass is 9.98. The molecule has 2 saturated heterocycles. The quantitative estimate of drug-likeness (QED) is 0.917. The summed E-state index contributed by atoms with van der Waals surface area (Å²) >= 11 is 3.86. The molecule has 2 aliphatic rings. The first-order valence-corrected chi connectivity index (χ1v) is 9.51. The Morgan fingerprint density at radius 2 is 1.86 bits per heavy atom. The zero-order valence-electron chi connectivity index (χ0n) is 12.4. The van der Waals surface area contributed by atoms with Crippen LogP contribution in [0.25, 0.3) is 0 Å². The number of carboxylic acid groups (broad SMARTS) is 1. The lowest BCUT2D eigenvalue weighted by Crippen LogP contribution is -2.50. The van der Waals surface area contributed by atoms with E-state index in [2.05, 4.69) is 0 Å². The third kappa shape index (κ3) is 2.74. The maximum atomic E-state index is 12.7. The summed E-state index contributed by atoms with van der Waals surface area (Å²) in [6.07, 6.45) is 1.25. The van der Waals surface area contributed by atoms with Crippen molar-refractivity contribution in [1.82, 2.24) is 4.90 Å². The van der Waals surface area contributed by atoms with E-state index in [1.165, 1.54) is 22.0 Å². The summed E-state index contributed by atoms with van der Waals surface area (Å²) < 4.78 is 0.459. The Hall–Kier alpha value is -1.14. The van der Waals surface area contributed by atoms with Crippen LogP contribution >= 0.6 is 23.5 Å². The van der Waals surface area contributed by atoms with Crippen LogP contribution in [0.5, 0.6) is 0 Å².